The molecule has 1 aliphatic rings. The van der Waals surface area contributed by atoms with Gasteiger partial charge in [-0.2, -0.15) is 5.10 Å². The summed E-state index contributed by atoms with van der Waals surface area (Å²) in [6.07, 6.45) is 7.74. The van der Waals surface area contributed by atoms with Gasteiger partial charge >= 0.3 is 0 Å². The van der Waals surface area contributed by atoms with E-state index >= 15 is 0 Å². The van der Waals surface area contributed by atoms with E-state index in [1.807, 2.05) is 25.6 Å². The number of aryl methyl sites for hydroxylation is 1. The predicted octanol–water partition coefficient (Wildman–Crippen LogP) is 4.11. The van der Waals surface area contributed by atoms with Crippen molar-refractivity contribution in [3.8, 4) is 11.3 Å². The van der Waals surface area contributed by atoms with Crippen molar-refractivity contribution in [1.82, 2.24) is 39.4 Å². The molecule has 0 atom stereocenters. The predicted molar refractivity (Wildman–Crippen MR) is 143 cm³/mol. The fraction of sp³-hybridized carbons (Fsp3) is 0.333. The third-order valence-electron chi connectivity index (χ3n) is 6.37. The lowest BCUT2D eigenvalue weighted by Gasteiger charge is -2.39. The van der Waals surface area contributed by atoms with Crippen LogP contribution in [0.2, 0.25) is 10.0 Å². The van der Waals surface area contributed by atoms with Gasteiger partial charge in [-0.05, 0) is 26.0 Å². The van der Waals surface area contributed by atoms with E-state index in [9.17, 15) is 0 Å². The first-order valence-electron chi connectivity index (χ1n) is 11.7. The number of aromatic amines is 1. The maximum Gasteiger partial charge on any atom is 0.180 e. The van der Waals surface area contributed by atoms with E-state index in [2.05, 4.69) is 55.0 Å². The highest BCUT2D eigenvalue weighted by Gasteiger charge is 2.27. The molecule has 0 saturated carbocycles. The van der Waals surface area contributed by atoms with E-state index in [0.29, 0.717) is 22.4 Å². The number of rotatable bonds is 5. The molecule has 1 fully saturated rings. The Hall–Kier alpha value is -3.34. The number of nitrogens with zero attached hydrogens (tertiary/aromatic N) is 7. The van der Waals surface area contributed by atoms with E-state index in [4.69, 9.17) is 33.2 Å². The number of halogens is 2. The van der Waals surface area contributed by atoms with Gasteiger partial charge < -0.3 is 20.5 Å². The molecule has 1 saturated heterocycles. The van der Waals surface area contributed by atoms with Crippen molar-refractivity contribution in [2.24, 2.45) is 7.05 Å². The molecule has 0 aliphatic carbocycles. The molecule has 1 aromatic carbocycles. The van der Waals surface area contributed by atoms with Crippen molar-refractivity contribution in [1.29, 1.82) is 0 Å². The zero-order valence-electron chi connectivity index (χ0n) is 20.2. The molecule has 36 heavy (non-hydrogen) atoms. The molecule has 0 amide bonds. The number of aromatic nitrogens is 7. The average Bonchev–Trinajstić information content (AvgIpc) is 3.55. The second-order valence-electron chi connectivity index (χ2n) is 9.74. The molecule has 12 heteroatoms. The molecule has 0 bridgehead atoms. The van der Waals surface area contributed by atoms with Crippen LogP contribution in [0.5, 0.6) is 0 Å². The first-order chi connectivity index (χ1) is 17.3. The van der Waals surface area contributed by atoms with Gasteiger partial charge in [0, 0.05) is 44.0 Å². The lowest BCUT2D eigenvalue weighted by Crippen LogP contribution is -2.57. The number of anilines is 2. The molecule has 0 radical (unpaired) electrons. The Bertz CT molecular complexity index is 1540. The summed E-state index contributed by atoms with van der Waals surface area (Å²) < 4.78 is 3.86. The molecular weight excluding hydrogens is 499 g/mol. The Labute approximate surface area is 217 Å². The summed E-state index contributed by atoms with van der Waals surface area (Å²) in [7, 11) is 1.91. The number of H-pyrrole nitrogens is 1. The number of hydrogen-bond acceptors (Lipinski definition) is 7. The Morgan fingerprint density at radius 3 is 2.72 bits per heavy atom. The monoisotopic (exact) mass is 524 g/mol. The van der Waals surface area contributed by atoms with Crippen molar-refractivity contribution in [3.05, 3.63) is 52.8 Å². The van der Waals surface area contributed by atoms with E-state index in [-0.39, 0.29) is 5.54 Å². The maximum absolute atomic E-state index is 6.17. The Morgan fingerprint density at radius 2 is 1.94 bits per heavy atom. The molecule has 0 spiro atoms. The third kappa shape index (κ3) is 4.25. The Morgan fingerprint density at radius 1 is 1.11 bits per heavy atom. The van der Waals surface area contributed by atoms with Crippen molar-refractivity contribution < 1.29 is 0 Å². The fourth-order valence-corrected chi connectivity index (χ4v) is 4.98. The minimum Gasteiger partial charge on any atom is -0.360 e. The molecule has 1 aliphatic heterocycles. The molecule has 186 valence electrons. The summed E-state index contributed by atoms with van der Waals surface area (Å²) in [5.74, 6) is 2.30. The molecule has 3 N–H and O–H groups in total. The topological polar surface area (TPSA) is 104 Å². The van der Waals surface area contributed by atoms with Gasteiger partial charge in [0.1, 0.15) is 11.6 Å². The van der Waals surface area contributed by atoms with Crippen molar-refractivity contribution in [2.75, 3.05) is 29.9 Å². The van der Waals surface area contributed by atoms with Crippen LogP contribution in [0.4, 0.5) is 11.6 Å². The second-order valence-corrected chi connectivity index (χ2v) is 10.6. The second kappa shape index (κ2) is 8.65. The van der Waals surface area contributed by atoms with Crippen LogP contribution >= 0.6 is 23.2 Å². The van der Waals surface area contributed by atoms with Crippen molar-refractivity contribution >= 4 is 51.5 Å². The first kappa shape index (κ1) is 23.1. The summed E-state index contributed by atoms with van der Waals surface area (Å²) in [5, 5.41) is 12.3. The number of imidazole rings is 2. The van der Waals surface area contributed by atoms with E-state index in [1.54, 1.807) is 16.8 Å². The standard InChI is InChI=1S/C24H26Cl2N10/c1-24(2)13-35(5-4-29-24)21-12-36-19(14-8-30-34(3)11-14)9-28-23(36)22(33-21)27-10-20-31-17-6-15(25)16(26)7-18(17)32-20/h6-9,11-12,29H,4-5,10,13H2,1-3H3,(H,27,33)(H,31,32). The number of hydrogen-bond donors (Lipinski definition) is 3. The van der Waals surface area contributed by atoms with Crippen LogP contribution in [-0.4, -0.2) is 59.3 Å². The molecule has 5 heterocycles. The summed E-state index contributed by atoms with van der Waals surface area (Å²) >= 11 is 12.3. The summed E-state index contributed by atoms with van der Waals surface area (Å²) in [4.78, 5) is 20.0. The van der Waals surface area contributed by atoms with E-state index in [0.717, 1.165) is 59.2 Å². The number of piperazine rings is 1. The summed E-state index contributed by atoms with van der Waals surface area (Å²) in [6, 6.07) is 3.55. The Kier molecular flexibility index (Phi) is 5.55. The molecule has 6 rings (SSSR count). The van der Waals surface area contributed by atoms with Crippen LogP contribution in [0.3, 0.4) is 0 Å². The highest BCUT2D eigenvalue weighted by molar-refractivity contribution is 6.42. The van der Waals surface area contributed by atoms with Crippen LogP contribution in [0.25, 0.3) is 27.9 Å². The first-order valence-corrected chi connectivity index (χ1v) is 12.5. The molecule has 10 nitrogen and oxygen atoms in total. The van der Waals surface area contributed by atoms with E-state index < -0.39 is 0 Å². The minimum absolute atomic E-state index is 0.0135. The van der Waals surface area contributed by atoms with Crippen molar-refractivity contribution in [2.45, 2.75) is 25.9 Å². The molecule has 4 aromatic heterocycles. The maximum atomic E-state index is 6.17. The van der Waals surface area contributed by atoms with Gasteiger partial charge in [0.15, 0.2) is 11.5 Å². The molecule has 5 aromatic rings. The number of benzene rings is 1. The zero-order valence-corrected chi connectivity index (χ0v) is 21.7. The smallest absolute Gasteiger partial charge is 0.180 e. The quantitative estimate of drug-likeness (QED) is 0.317. The zero-order chi connectivity index (χ0) is 25.0. The van der Waals surface area contributed by atoms with Crippen LogP contribution in [0.1, 0.15) is 19.7 Å². The van der Waals surface area contributed by atoms with Crippen LogP contribution in [0, 0.1) is 0 Å². The van der Waals surface area contributed by atoms with Crippen molar-refractivity contribution in [3.63, 3.8) is 0 Å². The van der Waals surface area contributed by atoms with Gasteiger partial charge in [0.05, 0.1) is 51.9 Å². The average molecular weight is 525 g/mol. The van der Waals surface area contributed by atoms with Gasteiger partial charge in [-0.3, -0.25) is 9.08 Å². The van der Waals surface area contributed by atoms with Gasteiger partial charge in [0.25, 0.3) is 0 Å². The van der Waals surface area contributed by atoms with Gasteiger partial charge in [0.2, 0.25) is 0 Å². The highest BCUT2D eigenvalue weighted by Crippen LogP contribution is 2.29. The lowest BCUT2D eigenvalue weighted by atomic mass is 10.0. The number of fused-ring (bicyclic) bond motifs is 2. The minimum atomic E-state index is -0.0135. The highest BCUT2D eigenvalue weighted by atomic mass is 35.5. The largest absolute Gasteiger partial charge is 0.360 e. The lowest BCUT2D eigenvalue weighted by molar-refractivity contribution is 0.351. The fourth-order valence-electron chi connectivity index (χ4n) is 4.66. The Balaban J connectivity index is 1.39. The van der Waals surface area contributed by atoms with Crippen LogP contribution in [0.15, 0.2) is 36.9 Å². The normalized spacial score (nSPS) is 15.8. The number of nitrogens with one attached hydrogen (secondary N) is 3. The SMILES string of the molecule is Cn1cc(-c2cnc3c(NCc4nc5cc(Cl)c(Cl)cc5[nH]4)nc(N4CCNC(C)(C)C4)cn23)cn1. The molecular formula is C24H26Cl2N10. The summed E-state index contributed by atoms with van der Waals surface area (Å²) in [6.45, 7) is 7.43. The van der Waals surface area contributed by atoms with Gasteiger partial charge in [-0.15, -0.1) is 0 Å². The van der Waals surface area contributed by atoms with Crippen LogP contribution < -0.4 is 15.5 Å². The van der Waals surface area contributed by atoms with Gasteiger partial charge in [-0.1, -0.05) is 23.2 Å². The third-order valence-corrected chi connectivity index (χ3v) is 7.09. The van der Waals surface area contributed by atoms with E-state index in [1.165, 1.54) is 0 Å². The molecule has 0 unspecified atom stereocenters. The summed E-state index contributed by atoms with van der Waals surface area (Å²) in [5.41, 5.74) is 4.24. The van der Waals surface area contributed by atoms with Crippen LogP contribution in [-0.2, 0) is 13.6 Å². The van der Waals surface area contributed by atoms with Gasteiger partial charge in [-0.25, -0.2) is 15.0 Å².